The van der Waals surface area contributed by atoms with Crippen molar-refractivity contribution in [2.45, 2.75) is 179 Å². The highest BCUT2D eigenvalue weighted by molar-refractivity contribution is 5.48. The molecular weight excluding hydrogens is 1920 g/mol. The molecule has 0 unspecified atom stereocenters. The van der Waals surface area contributed by atoms with Gasteiger partial charge in [0.2, 0.25) is 196 Å². The van der Waals surface area contributed by atoms with Gasteiger partial charge in [-0.25, -0.2) is 0 Å². The van der Waals surface area contributed by atoms with Gasteiger partial charge in [0.15, 0.2) is 0 Å². The van der Waals surface area contributed by atoms with Crippen LogP contribution in [0.25, 0.3) is 0 Å². The fourth-order valence-electron chi connectivity index (χ4n) is 10.7. The summed E-state index contributed by atoms with van der Waals surface area (Å²) in [4.78, 5) is 141. The number of nitrogens with one attached hydrogen (secondary N) is 11. The maximum Gasteiger partial charge on any atom is 0.231 e. The standard InChI is InChI=1S/2C9H18N6.4C8H16N6.3C7H14N6.2C6H12N6/c1-3-4-5-6-15(2)9-13-7(10)12-8(11)14-9;1-3-4-5-6-12-9-14-7(10)13-8(11-2)15-9;1-4-5-14(3)8-12-6(9)11-7(10-2)13-8;1-3-4-5-14(2)8-12-6(9)11-7(10)13-8;1-3-4-5-11-8-13-6(9)12-7(10-2)14-8;1-2-3-4-5-11-8-13-6(9)12-7(10)14-8;1-4-13(3)7-11-5(8)10-6(9-2)12-7;1-3-4-13(2)7-11-5(8)10-6(9)12-7;1-3-4-10-7-12-5(8)11-6(9-2)13-7;1-3-12(2)6-10-4(7)9-5(8)11-6;1-3-9-6-11-4(7)10-5(8-2)12-6/h3-6H2,1-2H3,(H4,10,11,12,13,14);3-6H2,1-2H3,(H4,10,11,12,13,14,15);4-5H2,1-3H3,(H3,9,10,11,12,13);3-5H2,1-2H3,(H4,9,10,11,12,13);3-5H2,1-2H3,(H4,9,10,11,12,13,14);2-5H2,1H3,(H5,9,10,11,12,13,14);4H2,1-3H3,(H3,8,9,10,11,12);3-4H2,1-2H3,(H4,8,9,10,11,12);3-4H2,1-2H3,(H4,8,9,10,11,12,13);3H2,1-2H3,(H4,7,8,9,10,11);3H2,1-2H3,(H4,7,8,9,10,11,12). The van der Waals surface area contributed by atoms with Gasteiger partial charge in [-0.2, -0.15) is 164 Å². The minimum absolute atomic E-state index is 0.149. The molecule has 0 saturated carbocycles. The Hall–Kier alpha value is -17.5. The molecule has 149 heavy (non-hydrogen) atoms. The highest BCUT2D eigenvalue weighted by atomic mass is 15.4. The number of hydrogen-bond donors (Lipinski definition) is 27. The molecule has 0 aliphatic rings. The average molecular weight is 2090 g/mol. The van der Waals surface area contributed by atoms with E-state index in [0.29, 0.717) is 101 Å². The van der Waals surface area contributed by atoms with Crippen molar-refractivity contribution in [2.24, 2.45) is 0 Å². The van der Waals surface area contributed by atoms with Crippen LogP contribution in [-0.2, 0) is 0 Å². The lowest BCUT2D eigenvalue weighted by Crippen LogP contribution is -2.22. The number of nitrogens with two attached hydrogens (primary N) is 16. The summed E-state index contributed by atoms with van der Waals surface area (Å²) in [5.41, 5.74) is 87.3. The molecule has 0 aliphatic heterocycles. The summed E-state index contributed by atoms with van der Waals surface area (Å²) in [6.07, 6.45) is 17.9. The Bertz CT molecular complexity index is 5340. The Kier molecular flexibility index (Phi) is 65.4. The molecule has 0 atom stereocenters. The van der Waals surface area contributed by atoms with Crippen LogP contribution >= 0.6 is 0 Å². The number of rotatable bonds is 44. The highest BCUT2D eigenvalue weighted by Gasteiger charge is 2.15. The summed E-state index contributed by atoms with van der Waals surface area (Å²) >= 11 is 0. The van der Waals surface area contributed by atoms with Crippen LogP contribution in [0.2, 0.25) is 0 Å². The number of nitrogen functional groups attached to an aromatic ring is 16. The van der Waals surface area contributed by atoms with Gasteiger partial charge in [0.1, 0.15) is 0 Å². The maximum absolute atomic E-state index is 5.54. The Labute approximate surface area is 872 Å². The second kappa shape index (κ2) is 75.3. The molecule has 66 nitrogen and oxygen atoms in total. The maximum atomic E-state index is 5.54. The first-order valence-corrected chi connectivity index (χ1v) is 48.6. The molecule has 0 bridgehead atoms. The van der Waals surface area contributed by atoms with E-state index in [1.165, 1.54) is 38.5 Å². The lowest BCUT2D eigenvalue weighted by molar-refractivity contribution is 0.696. The van der Waals surface area contributed by atoms with Crippen molar-refractivity contribution in [3.05, 3.63) is 0 Å². The minimum atomic E-state index is 0.149. The lowest BCUT2D eigenvalue weighted by Gasteiger charge is -2.16. The summed E-state index contributed by atoms with van der Waals surface area (Å²) in [6.45, 7) is 32.2. The van der Waals surface area contributed by atoms with Crippen molar-refractivity contribution in [2.75, 3.05) is 336 Å². The van der Waals surface area contributed by atoms with Crippen LogP contribution in [0.5, 0.6) is 0 Å². The van der Waals surface area contributed by atoms with Crippen LogP contribution in [0.1, 0.15) is 179 Å². The van der Waals surface area contributed by atoms with Gasteiger partial charge < -0.3 is 180 Å². The van der Waals surface area contributed by atoms with E-state index in [9.17, 15) is 0 Å². The van der Waals surface area contributed by atoms with Crippen LogP contribution in [0.3, 0.4) is 0 Å². The number of aromatic nitrogens is 33. The fraction of sp³-hybridized carbons (Fsp3) is 0.602. The van der Waals surface area contributed by atoms with E-state index < -0.39 is 0 Å². The molecule has 11 rings (SSSR count). The Balaban J connectivity index is 0.000000820. The first-order chi connectivity index (χ1) is 71.1. The molecule has 828 valence electrons. The van der Waals surface area contributed by atoms with E-state index in [1.54, 1.807) is 42.3 Å². The Morgan fingerprint density at radius 3 is 0.597 bits per heavy atom. The van der Waals surface area contributed by atoms with E-state index in [1.807, 2.05) is 92.5 Å². The molecule has 0 aromatic carbocycles. The van der Waals surface area contributed by atoms with E-state index >= 15 is 0 Å². The average Bonchev–Trinajstić information content (AvgIpc) is 0.860. The van der Waals surface area contributed by atoms with Gasteiger partial charge in [-0.05, 0) is 72.1 Å². The molecule has 0 amide bonds. The zero-order chi connectivity index (χ0) is 112. The molecule has 66 heteroatoms. The number of nitrogens with zero attached hydrogens (tertiary/aromatic N) is 39. The zero-order valence-corrected chi connectivity index (χ0v) is 90.8. The SMILES string of the molecule is CCCCCN(C)c1nc(N)nc(N)n1.CCCCCNc1nc(N)nc(N)n1.CCCCCNc1nc(N)nc(NC)n1.CCCCN(C)c1nc(N)nc(N)n1.CCCCNc1nc(N)nc(NC)n1.CCCN(C)c1nc(N)nc(N)n1.CCCN(C)c1nc(N)nc(NC)n1.CCCNc1nc(N)nc(NC)n1.CCN(C)c1nc(N)nc(N)n1.CCN(C)c1nc(N)nc(NC)n1.CCNc1nc(N)nc(NC)n1. The summed E-state index contributed by atoms with van der Waals surface area (Å²) in [6, 6.07) is 0. The topological polar surface area (TPSA) is 993 Å². The molecule has 11 aromatic heterocycles. The molecular formula is C83H166N66. The van der Waals surface area contributed by atoms with Gasteiger partial charge in [-0.3, -0.25) is 0 Å². The second-order valence-electron chi connectivity index (χ2n) is 31.1. The van der Waals surface area contributed by atoms with Crippen molar-refractivity contribution in [3.63, 3.8) is 0 Å². The summed E-state index contributed by atoms with van der Waals surface area (Å²) in [7, 11) is 21.8. The molecule has 11 heterocycles. The molecule has 11 aromatic rings. The van der Waals surface area contributed by atoms with Gasteiger partial charge in [0.25, 0.3) is 0 Å². The van der Waals surface area contributed by atoms with Crippen molar-refractivity contribution in [1.29, 1.82) is 0 Å². The lowest BCUT2D eigenvalue weighted by atomic mass is 10.2. The highest BCUT2D eigenvalue weighted by Crippen LogP contribution is 2.18. The monoisotopic (exact) mass is 2090 g/mol. The molecule has 0 saturated heterocycles. The first kappa shape index (κ1) is 130. The van der Waals surface area contributed by atoms with Gasteiger partial charge in [0, 0.05) is 157 Å². The van der Waals surface area contributed by atoms with E-state index in [4.69, 9.17) is 91.7 Å². The van der Waals surface area contributed by atoms with Gasteiger partial charge in [-0.1, -0.05) is 107 Å². The van der Waals surface area contributed by atoms with Gasteiger partial charge in [-0.15, -0.1) is 0 Å². The third-order valence-corrected chi connectivity index (χ3v) is 18.4. The molecule has 43 N–H and O–H groups in total. The van der Waals surface area contributed by atoms with E-state index in [0.717, 1.165) is 136 Å². The first-order valence-electron chi connectivity index (χ1n) is 48.6. The van der Waals surface area contributed by atoms with E-state index in [-0.39, 0.29) is 95.2 Å². The molecule has 0 spiro atoms. The van der Waals surface area contributed by atoms with Gasteiger partial charge >= 0.3 is 0 Å². The summed E-state index contributed by atoms with van der Waals surface area (Å²) in [5, 5.41) is 32.1. The quantitative estimate of drug-likeness (QED) is 0.0244. The van der Waals surface area contributed by atoms with Crippen LogP contribution < -0.4 is 180 Å². The summed E-state index contributed by atoms with van der Waals surface area (Å²) in [5.74, 6) is 11.6. The van der Waals surface area contributed by atoms with E-state index in [2.05, 4.69) is 278 Å². The normalized spacial score (nSPS) is 9.93. The minimum Gasteiger partial charge on any atom is -0.368 e. The van der Waals surface area contributed by atoms with Gasteiger partial charge in [0.05, 0.1) is 0 Å². The van der Waals surface area contributed by atoms with Crippen LogP contribution in [0.15, 0.2) is 0 Å². The van der Waals surface area contributed by atoms with Crippen LogP contribution in [0.4, 0.5) is 196 Å². The molecule has 0 radical (unpaired) electrons. The Morgan fingerprint density at radius 2 is 0.349 bits per heavy atom. The third-order valence-electron chi connectivity index (χ3n) is 18.4. The number of hydrogen-bond acceptors (Lipinski definition) is 66. The largest absolute Gasteiger partial charge is 0.368 e. The predicted octanol–water partition coefficient (Wildman–Crippen LogP) is 3.29. The number of anilines is 33. The molecule has 0 fully saturated rings. The smallest absolute Gasteiger partial charge is 0.231 e. The fourth-order valence-corrected chi connectivity index (χ4v) is 10.7. The Morgan fingerprint density at radius 1 is 0.161 bits per heavy atom. The second-order valence-corrected chi connectivity index (χ2v) is 31.1. The summed E-state index contributed by atoms with van der Waals surface area (Å²) < 4.78 is 0. The zero-order valence-electron chi connectivity index (χ0n) is 90.8. The van der Waals surface area contributed by atoms with Crippen molar-refractivity contribution in [3.8, 4) is 0 Å². The number of unbranched alkanes of at least 4 members (excludes halogenated alkanes) is 8. The molecule has 0 aliphatic carbocycles. The van der Waals surface area contributed by atoms with Crippen molar-refractivity contribution >= 4 is 196 Å². The van der Waals surface area contributed by atoms with Crippen molar-refractivity contribution < 1.29 is 0 Å². The predicted molar refractivity (Wildman–Crippen MR) is 604 cm³/mol. The van der Waals surface area contributed by atoms with Crippen LogP contribution in [0, 0.1) is 0 Å². The van der Waals surface area contributed by atoms with Crippen LogP contribution in [-0.4, -0.2) is 321 Å². The van der Waals surface area contributed by atoms with Crippen molar-refractivity contribution in [1.82, 2.24) is 164 Å². The third kappa shape index (κ3) is 57.6.